The van der Waals surface area contributed by atoms with Gasteiger partial charge in [-0.15, -0.1) is 0 Å². The second-order valence-electron chi connectivity index (χ2n) is 7.16. The Kier molecular flexibility index (Phi) is 5.16. The number of ether oxygens (including phenoxy) is 2. The van der Waals surface area contributed by atoms with Crippen LogP contribution in [0, 0.1) is 17.8 Å². The van der Waals surface area contributed by atoms with E-state index >= 15 is 0 Å². The maximum Gasteiger partial charge on any atom is 0.336 e. The van der Waals surface area contributed by atoms with Crippen molar-refractivity contribution in [1.82, 2.24) is 0 Å². The van der Waals surface area contributed by atoms with Gasteiger partial charge in [0.1, 0.15) is 12.2 Å². The van der Waals surface area contributed by atoms with E-state index in [-0.39, 0.29) is 17.8 Å². The van der Waals surface area contributed by atoms with Gasteiger partial charge in [-0.25, -0.2) is 9.59 Å². The average molecular weight is 360 g/mol. The molecule has 1 saturated carbocycles. The minimum Gasteiger partial charge on any atom is -0.458 e. The third kappa shape index (κ3) is 3.39. The fourth-order valence-electron chi connectivity index (χ4n) is 3.90. The molecule has 1 heterocycles. The highest BCUT2D eigenvalue weighted by molar-refractivity contribution is 5.92. The van der Waals surface area contributed by atoms with Gasteiger partial charge < -0.3 is 19.7 Å². The Labute approximate surface area is 152 Å². The molecule has 0 aromatic carbocycles. The highest BCUT2D eigenvalue weighted by atomic mass is 16.6. The third-order valence-electron chi connectivity index (χ3n) is 5.48. The van der Waals surface area contributed by atoms with E-state index in [9.17, 15) is 14.7 Å². The zero-order chi connectivity index (χ0) is 19.0. The second kappa shape index (κ2) is 7.21. The first-order valence-electron chi connectivity index (χ1n) is 8.74. The number of esters is 2. The molecule has 3 rings (SSSR count). The topological polar surface area (TPSA) is 93.1 Å². The number of hydrogen-bond acceptors (Lipinski definition) is 6. The smallest absolute Gasteiger partial charge is 0.336 e. The number of rotatable bonds is 4. The minimum atomic E-state index is -0.724. The van der Waals surface area contributed by atoms with Gasteiger partial charge in [0.05, 0.1) is 24.7 Å². The Bertz CT molecular complexity index is 716. The largest absolute Gasteiger partial charge is 0.458 e. The minimum absolute atomic E-state index is 0.0265. The molecule has 5 atom stereocenters. The van der Waals surface area contributed by atoms with Gasteiger partial charge in [-0.3, -0.25) is 0 Å². The SMILES string of the molecule is C=C1C(=O)O[C@@H]2/C=C(/C)[C@H]3C[C@H]3C(=C)C[C@@H](OC(=O)/C(=C/CO)CO)[C@@H]12. The lowest BCUT2D eigenvalue weighted by Crippen LogP contribution is -2.34. The number of carbonyl (C=O) groups is 2. The fourth-order valence-corrected chi connectivity index (χ4v) is 3.90. The number of fused-ring (bicyclic) bond motifs is 2. The molecule has 0 radical (unpaired) electrons. The van der Waals surface area contributed by atoms with E-state index in [1.165, 1.54) is 6.08 Å². The summed E-state index contributed by atoms with van der Waals surface area (Å²) in [6.45, 7) is 9.08. The van der Waals surface area contributed by atoms with Gasteiger partial charge in [0, 0.05) is 12.0 Å². The molecule has 0 unspecified atom stereocenters. The van der Waals surface area contributed by atoms with E-state index in [2.05, 4.69) is 13.2 Å². The van der Waals surface area contributed by atoms with Crippen LogP contribution in [0.5, 0.6) is 0 Å². The molecule has 0 amide bonds. The molecule has 140 valence electrons. The predicted molar refractivity (Wildman–Crippen MR) is 93.8 cm³/mol. The lowest BCUT2D eigenvalue weighted by molar-refractivity contribution is -0.147. The van der Waals surface area contributed by atoms with Crippen molar-refractivity contribution in [3.05, 3.63) is 47.6 Å². The molecule has 26 heavy (non-hydrogen) atoms. The maximum atomic E-state index is 12.4. The Hall–Kier alpha value is -2.18. The van der Waals surface area contributed by atoms with Crippen LogP contribution in [0.4, 0.5) is 0 Å². The molecular formula is C20H24O6. The van der Waals surface area contributed by atoms with Crippen molar-refractivity contribution in [2.45, 2.75) is 32.0 Å². The van der Waals surface area contributed by atoms with Crippen LogP contribution in [-0.4, -0.2) is 47.6 Å². The van der Waals surface area contributed by atoms with E-state index in [0.717, 1.165) is 17.6 Å². The van der Waals surface area contributed by atoms with Crippen molar-refractivity contribution in [1.29, 1.82) is 0 Å². The lowest BCUT2D eigenvalue weighted by atomic mass is 9.87. The molecule has 1 saturated heterocycles. The summed E-state index contributed by atoms with van der Waals surface area (Å²) in [5.74, 6) is -0.966. The number of allylic oxidation sites excluding steroid dienone is 1. The molecule has 3 aliphatic rings. The van der Waals surface area contributed by atoms with E-state index < -0.39 is 36.7 Å². The molecule has 2 aliphatic carbocycles. The maximum absolute atomic E-state index is 12.4. The van der Waals surface area contributed by atoms with Gasteiger partial charge in [-0.05, 0) is 37.3 Å². The van der Waals surface area contributed by atoms with Crippen LogP contribution in [-0.2, 0) is 19.1 Å². The molecule has 1 aliphatic heterocycles. The van der Waals surface area contributed by atoms with Crippen LogP contribution in [0.25, 0.3) is 0 Å². The zero-order valence-electron chi connectivity index (χ0n) is 14.8. The highest BCUT2D eigenvalue weighted by Gasteiger charge is 2.49. The molecule has 6 nitrogen and oxygen atoms in total. The van der Waals surface area contributed by atoms with Crippen LogP contribution in [0.3, 0.4) is 0 Å². The summed E-state index contributed by atoms with van der Waals surface area (Å²) < 4.78 is 11.1. The van der Waals surface area contributed by atoms with Gasteiger partial charge in [0.15, 0.2) is 0 Å². The van der Waals surface area contributed by atoms with E-state index in [0.29, 0.717) is 18.3 Å². The third-order valence-corrected chi connectivity index (χ3v) is 5.48. The van der Waals surface area contributed by atoms with Crippen molar-refractivity contribution in [3.8, 4) is 0 Å². The second-order valence-corrected chi connectivity index (χ2v) is 7.16. The van der Waals surface area contributed by atoms with Gasteiger partial charge in [-0.1, -0.05) is 24.3 Å². The molecule has 2 fully saturated rings. The summed E-state index contributed by atoms with van der Waals surface area (Å²) in [7, 11) is 0. The van der Waals surface area contributed by atoms with Crippen molar-refractivity contribution in [3.63, 3.8) is 0 Å². The van der Waals surface area contributed by atoms with Crippen LogP contribution in [0.1, 0.15) is 19.8 Å². The molecule has 0 bridgehead atoms. The first kappa shape index (κ1) is 18.6. The molecule has 0 spiro atoms. The van der Waals surface area contributed by atoms with Gasteiger partial charge in [-0.2, -0.15) is 0 Å². The number of aliphatic hydroxyl groups is 2. The molecule has 2 N–H and O–H groups in total. The normalized spacial score (nSPS) is 36.0. The lowest BCUT2D eigenvalue weighted by Gasteiger charge is -2.26. The first-order chi connectivity index (χ1) is 12.4. The number of carbonyl (C=O) groups excluding carboxylic acids is 2. The summed E-state index contributed by atoms with van der Waals surface area (Å²) in [6, 6.07) is 0. The Balaban J connectivity index is 1.91. The van der Waals surface area contributed by atoms with Gasteiger partial charge >= 0.3 is 11.9 Å². The van der Waals surface area contributed by atoms with E-state index in [1.54, 1.807) is 0 Å². The summed E-state index contributed by atoms with van der Waals surface area (Å²) >= 11 is 0. The molecule has 6 heteroatoms. The summed E-state index contributed by atoms with van der Waals surface area (Å²) in [6.07, 6.45) is 3.34. The van der Waals surface area contributed by atoms with Crippen molar-refractivity contribution in [2.24, 2.45) is 17.8 Å². The quantitative estimate of drug-likeness (QED) is 0.448. The summed E-state index contributed by atoms with van der Waals surface area (Å²) in [5.41, 5.74) is 2.38. The molecular weight excluding hydrogens is 336 g/mol. The van der Waals surface area contributed by atoms with Gasteiger partial charge in [0.25, 0.3) is 0 Å². The van der Waals surface area contributed by atoms with Crippen LogP contribution >= 0.6 is 0 Å². The summed E-state index contributed by atoms with van der Waals surface area (Å²) in [5, 5.41) is 18.3. The Morgan fingerprint density at radius 3 is 2.77 bits per heavy atom. The van der Waals surface area contributed by atoms with Crippen LogP contribution < -0.4 is 0 Å². The Morgan fingerprint density at radius 2 is 2.12 bits per heavy atom. The van der Waals surface area contributed by atoms with Crippen molar-refractivity contribution < 1.29 is 29.3 Å². The van der Waals surface area contributed by atoms with Crippen molar-refractivity contribution >= 4 is 11.9 Å². The molecule has 0 aromatic heterocycles. The number of hydrogen-bond donors (Lipinski definition) is 2. The monoisotopic (exact) mass is 360 g/mol. The first-order valence-corrected chi connectivity index (χ1v) is 8.74. The Morgan fingerprint density at radius 1 is 1.38 bits per heavy atom. The van der Waals surface area contributed by atoms with Crippen molar-refractivity contribution in [2.75, 3.05) is 13.2 Å². The standard InChI is InChI=1S/C20H24O6/c1-10-6-16-18(12(3)19(23)25-16)17(7-11(2)15-8-14(10)15)26-20(24)13(9-22)4-5-21/h4,6,14-18,21-22H,2-3,5,7-9H2,1H3/b10-6-,13-4+/t14-,15+,16-,17-,18+/m1/s1. The average Bonchev–Trinajstić information content (AvgIpc) is 3.34. The predicted octanol–water partition coefficient (Wildman–Crippen LogP) is 1.45. The van der Waals surface area contributed by atoms with Gasteiger partial charge in [0.2, 0.25) is 0 Å². The van der Waals surface area contributed by atoms with Crippen LogP contribution in [0.2, 0.25) is 0 Å². The molecule has 0 aromatic rings. The number of aliphatic hydroxyl groups excluding tert-OH is 2. The van der Waals surface area contributed by atoms with Crippen LogP contribution in [0.15, 0.2) is 47.6 Å². The fraction of sp³-hybridized carbons (Fsp3) is 0.500. The highest BCUT2D eigenvalue weighted by Crippen LogP contribution is 2.52. The van der Waals surface area contributed by atoms with E-state index in [1.807, 2.05) is 13.0 Å². The summed E-state index contributed by atoms with van der Waals surface area (Å²) in [4.78, 5) is 24.5. The zero-order valence-corrected chi connectivity index (χ0v) is 14.8. The van der Waals surface area contributed by atoms with E-state index in [4.69, 9.17) is 14.6 Å².